The minimum Gasteiger partial charge on any atom is -0.378 e. The molecule has 0 aromatic carbocycles. The van der Waals surface area contributed by atoms with Crippen LogP contribution in [0.5, 0.6) is 0 Å². The second kappa shape index (κ2) is 5.46. The zero-order chi connectivity index (χ0) is 15.0. The average molecular weight is 291 g/mol. The van der Waals surface area contributed by atoms with E-state index in [0.717, 1.165) is 11.8 Å². The SMILES string of the molecule is C[C@@H](Nc1ncnc(N)c1[N+](=O)[O-])[C@H]1CC2CCC1CC2. The molecule has 1 heterocycles. The lowest BCUT2D eigenvalue weighted by molar-refractivity contribution is -0.383. The van der Waals surface area contributed by atoms with Crippen molar-refractivity contribution in [1.82, 2.24) is 9.97 Å². The van der Waals surface area contributed by atoms with Crippen LogP contribution in [0.25, 0.3) is 0 Å². The van der Waals surface area contributed by atoms with Crippen molar-refractivity contribution in [2.75, 3.05) is 11.1 Å². The standard InChI is InChI=1S/C14H21N5O2/c1-8(11-6-9-2-4-10(11)5-3-9)18-14-12(19(20)21)13(15)16-7-17-14/h7-11H,2-6H2,1H3,(H3,15,16,17,18)/t8-,9?,10?,11-/m1/s1. The van der Waals surface area contributed by atoms with Crippen LogP contribution in [-0.4, -0.2) is 20.9 Å². The van der Waals surface area contributed by atoms with Gasteiger partial charge in [0.2, 0.25) is 11.6 Å². The van der Waals surface area contributed by atoms with Crippen LogP contribution in [0.15, 0.2) is 6.33 Å². The summed E-state index contributed by atoms with van der Waals surface area (Å²) in [6, 6.07) is 0.158. The van der Waals surface area contributed by atoms with Crippen molar-refractivity contribution in [3.8, 4) is 0 Å². The lowest BCUT2D eigenvalue weighted by Crippen LogP contribution is -2.40. The number of hydrogen-bond donors (Lipinski definition) is 2. The zero-order valence-electron chi connectivity index (χ0n) is 12.2. The van der Waals surface area contributed by atoms with Crippen LogP contribution in [0, 0.1) is 27.9 Å². The predicted molar refractivity (Wildman–Crippen MR) is 79.7 cm³/mol. The summed E-state index contributed by atoms with van der Waals surface area (Å²) in [4.78, 5) is 18.3. The summed E-state index contributed by atoms with van der Waals surface area (Å²) in [5.74, 6) is 2.27. The second-order valence-electron chi connectivity index (χ2n) is 6.33. The Morgan fingerprint density at radius 2 is 2.10 bits per heavy atom. The van der Waals surface area contributed by atoms with E-state index in [0.29, 0.717) is 5.92 Å². The number of nitrogen functional groups attached to an aromatic ring is 1. The fourth-order valence-corrected chi connectivity index (χ4v) is 4.04. The van der Waals surface area contributed by atoms with Gasteiger partial charge >= 0.3 is 5.69 Å². The molecule has 3 fully saturated rings. The summed E-state index contributed by atoms with van der Waals surface area (Å²) in [5, 5.41) is 14.3. The molecule has 0 radical (unpaired) electrons. The molecule has 3 saturated carbocycles. The quantitative estimate of drug-likeness (QED) is 0.652. The number of nitro groups is 1. The fourth-order valence-electron chi connectivity index (χ4n) is 4.04. The van der Waals surface area contributed by atoms with E-state index in [4.69, 9.17) is 5.73 Å². The smallest absolute Gasteiger partial charge is 0.352 e. The van der Waals surface area contributed by atoms with Gasteiger partial charge < -0.3 is 11.1 Å². The van der Waals surface area contributed by atoms with Crippen LogP contribution < -0.4 is 11.1 Å². The lowest BCUT2D eigenvalue weighted by atomic mass is 9.63. The van der Waals surface area contributed by atoms with Gasteiger partial charge in [-0.25, -0.2) is 9.97 Å². The summed E-state index contributed by atoms with van der Waals surface area (Å²) in [7, 11) is 0. The molecular formula is C14H21N5O2. The Morgan fingerprint density at radius 1 is 1.38 bits per heavy atom. The van der Waals surface area contributed by atoms with E-state index in [1.165, 1.54) is 38.4 Å². The van der Waals surface area contributed by atoms with Gasteiger partial charge in [-0.1, -0.05) is 12.8 Å². The van der Waals surface area contributed by atoms with Crippen molar-refractivity contribution < 1.29 is 4.92 Å². The largest absolute Gasteiger partial charge is 0.378 e. The summed E-state index contributed by atoms with van der Waals surface area (Å²) >= 11 is 0. The number of anilines is 2. The predicted octanol–water partition coefficient (Wildman–Crippen LogP) is 2.59. The summed E-state index contributed by atoms with van der Waals surface area (Å²) < 4.78 is 0. The first-order valence-corrected chi connectivity index (χ1v) is 7.57. The Balaban J connectivity index is 1.77. The van der Waals surface area contributed by atoms with Crippen molar-refractivity contribution in [3.05, 3.63) is 16.4 Å². The minimum absolute atomic E-state index is 0.0881. The maximum absolute atomic E-state index is 11.1. The number of nitrogens with zero attached hydrogens (tertiary/aromatic N) is 3. The third kappa shape index (κ3) is 2.64. The molecule has 4 rings (SSSR count). The molecule has 3 aliphatic rings. The molecule has 0 amide bonds. The molecule has 21 heavy (non-hydrogen) atoms. The van der Waals surface area contributed by atoms with Gasteiger partial charge in [0, 0.05) is 6.04 Å². The third-order valence-corrected chi connectivity index (χ3v) is 5.14. The van der Waals surface area contributed by atoms with E-state index in [1.807, 2.05) is 0 Å². The number of fused-ring (bicyclic) bond motifs is 3. The number of rotatable bonds is 4. The van der Waals surface area contributed by atoms with Crippen LogP contribution in [0.3, 0.4) is 0 Å². The first-order valence-electron chi connectivity index (χ1n) is 7.57. The Morgan fingerprint density at radius 3 is 2.67 bits per heavy atom. The highest BCUT2D eigenvalue weighted by Crippen LogP contribution is 2.46. The first kappa shape index (κ1) is 14.0. The Labute approximate surface area is 123 Å². The number of nitrogens with two attached hydrogens (primary N) is 1. The molecular weight excluding hydrogens is 270 g/mol. The van der Waals surface area contributed by atoms with E-state index in [9.17, 15) is 10.1 Å². The first-order chi connectivity index (χ1) is 10.1. The van der Waals surface area contributed by atoms with E-state index in [1.54, 1.807) is 0 Å². The van der Waals surface area contributed by atoms with Crippen molar-refractivity contribution in [1.29, 1.82) is 0 Å². The Bertz CT molecular complexity index is 542. The van der Waals surface area contributed by atoms with Crippen LogP contribution in [0.1, 0.15) is 39.0 Å². The third-order valence-electron chi connectivity index (χ3n) is 5.14. The monoisotopic (exact) mass is 291 g/mol. The van der Waals surface area contributed by atoms with Crippen molar-refractivity contribution in [2.45, 2.75) is 45.1 Å². The van der Waals surface area contributed by atoms with Gasteiger partial charge in [0.05, 0.1) is 4.92 Å². The summed E-state index contributed by atoms with van der Waals surface area (Å²) in [6.07, 6.45) is 7.74. The molecule has 0 unspecified atom stereocenters. The molecule has 0 spiro atoms. The van der Waals surface area contributed by atoms with Crippen LogP contribution >= 0.6 is 0 Å². The maximum Gasteiger partial charge on any atom is 0.352 e. The minimum atomic E-state index is -0.516. The zero-order valence-corrected chi connectivity index (χ0v) is 12.2. The molecule has 7 heteroatoms. The molecule has 0 aliphatic heterocycles. The van der Waals surface area contributed by atoms with Crippen LogP contribution in [-0.2, 0) is 0 Å². The Kier molecular flexibility index (Phi) is 3.65. The maximum atomic E-state index is 11.1. The van der Waals surface area contributed by atoms with Gasteiger partial charge in [-0.2, -0.15) is 0 Å². The second-order valence-corrected chi connectivity index (χ2v) is 6.33. The van der Waals surface area contributed by atoms with Gasteiger partial charge in [0.15, 0.2) is 0 Å². The van der Waals surface area contributed by atoms with Crippen LogP contribution in [0.4, 0.5) is 17.3 Å². The van der Waals surface area contributed by atoms with Crippen LogP contribution in [0.2, 0.25) is 0 Å². The van der Waals surface area contributed by atoms with Crippen molar-refractivity contribution >= 4 is 17.3 Å². The molecule has 1 aromatic rings. The van der Waals surface area contributed by atoms with Crippen molar-refractivity contribution in [2.24, 2.45) is 17.8 Å². The van der Waals surface area contributed by atoms with Gasteiger partial charge in [-0.3, -0.25) is 10.1 Å². The lowest BCUT2D eigenvalue weighted by Gasteiger charge is -2.45. The molecule has 114 valence electrons. The molecule has 7 nitrogen and oxygen atoms in total. The summed E-state index contributed by atoms with van der Waals surface area (Å²) in [6.45, 7) is 2.09. The molecule has 2 atom stereocenters. The van der Waals surface area contributed by atoms with E-state index in [-0.39, 0.29) is 23.4 Å². The summed E-state index contributed by atoms with van der Waals surface area (Å²) in [5.41, 5.74) is 5.39. The molecule has 3 N–H and O–H groups in total. The van der Waals surface area contributed by atoms with Gasteiger partial charge in [-0.05, 0) is 43.9 Å². The van der Waals surface area contributed by atoms with Gasteiger partial charge in [0.25, 0.3) is 0 Å². The highest BCUT2D eigenvalue weighted by Gasteiger charge is 2.38. The topological polar surface area (TPSA) is 107 Å². The molecule has 2 bridgehead atoms. The van der Waals surface area contributed by atoms with E-state index >= 15 is 0 Å². The number of aromatic nitrogens is 2. The highest BCUT2D eigenvalue weighted by molar-refractivity contribution is 5.67. The van der Waals surface area contributed by atoms with Crippen molar-refractivity contribution in [3.63, 3.8) is 0 Å². The van der Waals surface area contributed by atoms with Gasteiger partial charge in [-0.15, -0.1) is 0 Å². The fraction of sp³-hybridized carbons (Fsp3) is 0.714. The normalized spacial score (nSPS) is 29.1. The highest BCUT2D eigenvalue weighted by atomic mass is 16.6. The molecule has 1 aromatic heterocycles. The van der Waals surface area contributed by atoms with E-state index in [2.05, 4.69) is 22.2 Å². The average Bonchev–Trinajstić information content (AvgIpc) is 2.48. The Hall–Kier alpha value is -1.92. The molecule has 3 aliphatic carbocycles. The number of nitrogens with one attached hydrogen (secondary N) is 1. The number of hydrogen-bond acceptors (Lipinski definition) is 6. The van der Waals surface area contributed by atoms with E-state index < -0.39 is 4.92 Å². The van der Waals surface area contributed by atoms with Gasteiger partial charge in [0.1, 0.15) is 6.33 Å². The molecule has 0 saturated heterocycles.